The first-order valence-corrected chi connectivity index (χ1v) is 9.33. The summed E-state index contributed by atoms with van der Waals surface area (Å²) in [6.45, 7) is 2.57. The molecule has 1 fully saturated rings. The monoisotopic (exact) mass is 373 g/mol. The highest BCUT2D eigenvalue weighted by Crippen LogP contribution is 2.30. The van der Waals surface area contributed by atoms with Gasteiger partial charge in [-0.15, -0.1) is 0 Å². The number of carbonyl (C=O) groups is 1. The third kappa shape index (κ3) is 4.54. The van der Waals surface area contributed by atoms with Gasteiger partial charge in [0.25, 0.3) is 5.91 Å². The van der Waals surface area contributed by atoms with Crippen LogP contribution in [0.15, 0.2) is 42.6 Å². The molecule has 0 saturated carbocycles. The number of aromatic nitrogens is 1. The van der Waals surface area contributed by atoms with E-state index in [0.29, 0.717) is 17.3 Å². The Labute approximate surface area is 159 Å². The summed E-state index contributed by atoms with van der Waals surface area (Å²) in [7, 11) is 1.68. The fourth-order valence-electron chi connectivity index (χ4n) is 3.41. The van der Waals surface area contributed by atoms with Gasteiger partial charge in [-0.3, -0.25) is 9.69 Å². The van der Waals surface area contributed by atoms with Crippen LogP contribution < -0.4 is 10.1 Å². The first kappa shape index (κ1) is 18.7. The molecule has 1 aliphatic rings. The zero-order valence-electron chi connectivity index (χ0n) is 15.0. The van der Waals surface area contributed by atoms with Gasteiger partial charge in [0, 0.05) is 18.3 Å². The number of carbonyl (C=O) groups excluding carboxylic acids is 1. The lowest BCUT2D eigenvalue weighted by atomic mass is 10.0. The zero-order valence-corrected chi connectivity index (χ0v) is 15.7. The fourth-order valence-corrected chi connectivity index (χ4v) is 3.52. The van der Waals surface area contributed by atoms with E-state index in [4.69, 9.17) is 16.3 Å². The quantitative estimate of drug-likeness (QED) is 0.784. The number of hydrogen-bond donors (Lipinski definition) is 1. The van der Waals surface area contributed by atoms with E-state index in [1.54, 1.807) is 19.2 Å². The van der Waals surface area contributed by atoms with Crippen LogP contribution in [0.1, 0.15) is 41.2 Å². The Bertz CT molecular complexity index is 730. The van der Waals surface area contributed by atoms with Crippen molar-refractivity contribution in [1.29, 1.82) is 0 Å². The summed E-state index contributed by atoms with van der Waals surface area (Å²) in [6.07, 6.45) is 5.12. The molecule has 0 radical (unpaired) electrons. The number of likely N-dealkylation sites (tertiary alicyclic amines) is 1. The highest BCUT2D eigenvalue weighted by atomic mass is 35.5. The Kier molecular flexibility index (Phi) is 6.47. The van der Waals surface area contributed by atoms with E-state index < -0.39 is 0 Å². The normalized spacial score (nSPS) is 16.1. The molecule has 26 heavy (non-hydrogen) atoms. The molecule has 0 aliphatic carbocycles. The Balaban J connectivity index is 1.77. The average molecular weight is 374 g/mol. The average Bonchev–Trinajstić information content (AvgIpc) is 2.69. The maximum Gasteiger partial charge on any atom is 0.252 e. The Hall–Kier alpha value is -2.11. The predicted molar refractivity (Wildman–Crippen MR) is 103 cm³/mol. The number of nitrogens with one attached hydrogen (secondary N) is 1. The second kappa shape index (κ2) is 9.01. The highest BCUT2D eigenvalue weighted by molar-refractivity contribution is 6.29. The van der Waals surface area contributed by atoms with E-state index in [0.717, 1.165) is 24.4 Å². The van der Waals surface area contributed by atoms with Crippen molar-refractivity contribution in [3.63, 3.8) is 0 Å². The van der Waals surface area contributed by atoms with Crippen molar-refractivity contribution in [2.24, 2.45) is 0 Å². The molecule has 0 spiro atoms. The van der Waals surface area contributed by atoms with E-state index in [1.165, 1.54) is 25.5 Å². The van der Waals surface area contributed by atoms with Crippen LogP contribution in [0.3, 0.4) is 0 Å². The summed E-state index contributed by atoms with van der Waals surface area (Å²) in [5.74, 6) is 0.705. The number of piperidine rings is 1. The lowest BCUT2D eigenvalue weighted by Crippen LogP contribution is -2.40. The van der Waals surface area contributed by atoms with Gasteiger partial charge >= 0.3 is 0 Å². The number of rotatable bonds is 6. The van der Waals surface area contributed by atoms with Gasteiger partial charge in [0.2, 0.25) is 0 Å². The summed E-state index contributed by atoms with van der Waals surface area (Å²) in [6, 6.07) is 11.4. The number of pyridine rings is 1. The van der Waals surface area contributed by atoms with Crippen LogP contribution in [0.25, 0.3) is 0 Å². The van der Waals surface area contributed by atoms with Crippen molar-refractivity contribution in [3.8, 4) is 5.75 Å². The summed E-state index contributed by atoms with van der Waals surface area (Å²) in [5, 5.41) is 3.42. The number of halogens is 1. The van der Waals surface area contributed by atoms with Crippen molar-refractivity contribution in [2.45, 2.75) is 25.3 Å². The maximum absolute atomic E-state index is 12.5. The molecule has 1 aromatic carbocycles. The smallest absolute Gasteiger partial charge is 0.252 e. The third-order valence-corrected chi connectivity index (χ3v) is 5.00. The number of nitrogens with zero attached hydrogens (tertiary/aromatic N) is 2. The van der Waals surface area contributed by atoms with Crippen LogP contribution >= 0.6 is 11.6 Å². The standard InChI is InChI=1S/C20H24ClN3O2/c1-26-18-8-4-3-7-16(18)17(24-11-5-2-6-12-24)14-23-20(25)15-9-10-19(21)22-13-15/h3-4,7-10,13,17H,2,5-6,11-12,14H2,1H3,(H,23,25). The van der Waals surface area contributed by atoms with E-state index in [-0.39, 0.29) is 11.9 Å². The second-order valence-corrected chi connectivity index (χ2v) is 6.82. The Morgan fingerprint density at radius 1 is 1.23 bits per heavy atom. The molecule has 0 bridgehead atoms. The van der Waals surface area contributed by atoms with E-state index in [2.05, 4.69) is 21.3 Å². The van der Waals surface area contributed by atoms with E-state index >= 15 is 0 Å². The molecule has 2 aromatic rings. The maximum atomic E-state index is 12.5. The Morgan fingerprint density at radius 2 is 2.00 bits per heavy atom. The number of para-hydroxylation sites is 1. The lowest BCUT2D eigenvalue weighted by Gasteiger charge is -2.35. The lowest BCUT2D eigenvalue weighted by molar-refractivity contribution is 0.0923. The molecule has 3 rings (SSSR count). The molecule has 1 aliphatic heterocycles. The van der Waals surface area contributed by atoms with Crippen molar-refractivity contribution in [1.82, 2.24) is 15.2 Å². The SMILES string of the molecule is COc1ccccc1C(CNC(=O)c1ccc(Cl)nc1)N1CCCCC1. The van der Waals surface area contributed by atoms with Crippen LogP contribution in [-0.2, 0) is 0 Å². The van der Waals surface area contributed by atoms with Gasteiger partial charge in [0.15, 0.2) is 0 Å². The summed E-state index contributed by atoms with van der Waals surface area (Å²) in [5.41, 5.74) is 1.61. The minimum atomic E-state index is -0.147. The van der Waals surface area contributed by atoms with E-state index in [9.17, 15) is 4.79 Å². The van der Waals surface area contributed by atoms with Crippen molar-refractivity contribution in [3.05, 3.63) is 58.9 Å². The van der Waals surface area contributed by atoms with Crippen LogP contribution in [0.5, 0.6) is 5.75 Å². The molecule has 6 heteroatoms. The molecular formula is C20H24ClN3O2. The first-order valence-electron chi connectivity index (χ1n) is 8.96. The largest absolute Gasteiger partial charge is 0.496 e. The van der Waals surface area contributed by atoms with Crippen LogP contribution in [-0.4, -0.2) is 42.5 Å². The molecule has 1 aromatic heterocycles. The molecule has 1 atom stereocenters. The predicted octanol–water partition coefficient (Wildman–Crippen LogP) is 3.70. The number of hydrogen-bond acceptors (Lipinski definition) is 4. The fraction of sp³-hybridized carbons (Fsp3) is 0.400. The summed E-state index contributed by atoms with van der Waals surface area (Å²) in [4.78, 5) is 18.9. The second-order valence-electron chi connectivity index (χ2n) is 6.43. The van der Waals surface area contributed by atoms with E-state index in [1.807, 2.05) is 18.2 Å². The highest BCUT2D eigenvalue weighted by Gasteiger charge is 2.25. The molecule has 138 valence electrons. The Morgan fingerprint density at radius 3 is 2.69 bits per heavy atom. The van der Waals surface area contributed by atoms with Gasteiger partial charge < -0.3 is 10.1 Å². The first-order chi connectivity index (χ1) is 12.7. The van der Waals surface area contributed by atoms with Crippen LogP contribution in [0.2, 0.25) is 5.15 Å². The van der Waals surface area contributed by atoms with Crippen molar-refractivity contribution >= 4 is 17.5 Å². The minimum Gasteiger partial charge on any atom is -0.496 e. The van der Waals surface area contributed by atoms with Crippen LogP contribution in [0, 0.1) is 0 Å². The number of benzene rings is 1. The van der Waals surface area contributed by atoms with Gasteiger partial charge in [-0.2, -0.15) is 0 Å². The molecule has 2 heterocycles. The minimum absolute atomic E-state index is 0.0793. The van der Waals surface area contributed by atoms with Crippen molar-refractivity contribution in [2.75, 3.05) is 26.7 Å². The van der Waals surface area contributed by atoms with Gasteiger partial charge in [0.1, 0.15) is 10.9 Å². The summed E-state index contributed by atoms with van der Waals surface area (Å²) >= 11 is 5.80. The number of amides is 1. The third-order valence-electron chi connectivity index (χ3n) is 4.77. The molecule has 1 saturated heterocycles. The molecule has 5 nitrogen and oxygen atoms in total. The summed E-state index contributed by atoms with van der Waals surface area (Å²) < 4.78 is 5.56. The van der Waals surface area contributed by atoms with Gasteiger partial charge in [-0.25, -0.2) is 4.98 Å². The molecule has 1 unspecified atom stereocenters. The topological polar surface area (TPSA) is 54.5 Å². The number of ether oxygens (including phenoxy) is 1. The van der Waals surface area contributed by atoms with Crippen LogP contribution in [0.4, 0.5) is 0 Å². The molecular weight excluding hydrogens is 350 g/mol. The number of methoxy groups -OCH3 is 1. The van der Waals surface area contributed by atoms with Gasteiger partial charge in [0.05, 0.1) is 18.7 Å². The van der Waals surface area contributed by atoms with Gasteiger partial charge in [-0.05, 0) is 44.1 Å². The van der Waals surface area contributed by atoms with Crippen molar-refractivity contribution < 1.29 is 9.53 Å². The molecule has 1 N–H and O–H groups in total. The zero-order chi connectivity index (χ0) is 18.4. The van der Waals surface area contributed by atoms with Gasteiger partial charge in [-0.1, -0.05) is 36.2 Å². The molecule has 1 amide bonds.